The minimum atomic E-state index is -0.338. The molecule has 0 bridgehead atoms. The van der Waals surface area contributed by atoms with Gasteiger partial charge in [0.25, 0.3) is 0 Å². The molecule has 2 aromatic rings. The highest BCUT2D eigenvalue weighted by molar-refractivity contribution is 5.66. The second-order valence-electron chi connectivity index (χ2n) is 4.75. The number of nitrogens with one attached hydrogen (secondary N) is 1. The summed E-state index contributed by atoms with van der Waals surface area (Å²) in [7, 11) is 0. The van der Waals surface area contributed by atoms with E-state index < -0.39 is 0 Å². The summed E-state index contributed by atoms with van der Waals surface area (Å²) in [6.07, 6.45) is 1.43. The normalized spacial score (nSPS) is 10.2. The van der Waals surface area contributed by atoms with Crippen LogP contribution in [-0.4, -0.2) is 10.2 Å². The molecule has 0 radical (unpaired) electrons. The molecule has 21 heavy (non-hydrogen) atoms. The van der Waals surface area contributed by atoms with Crippen LogP contribution >= 0.6 is 0 Å². The molecule has 2 rings (SSSR count). The van der Waals surface area contributed by atoms with Crippen LogP contribution < -0.4 is 5.32 Å². The molecule has 0 atom stereocenters. The number of benzene rings is 1. The number of halogens is 1. The average Bonchev–Trinajstić information content (AvgIpc) is 2.50. The molecule has 1 N–H and O–H groups in total. The zero-order valence-corrected chi connectivity index (χ0v) is 12.4. The van der Waals surface area contributed by atoms with E-state index in [1.807, 2.05) is 20.8 Å². The quantitative estimate of drug-likeness (QED) is 0.930. The summed E-state index contributed by atoms with van der Waals surface area (Å²) in [6, 6.07) is 6.65. The summed E-state index contributed by atoms with van der Waals surface area (Å²) < 4.78 is 13.4. The number of hydrogen-bond acceptors (Lipinski definition) is 4. The highest BCUT2D eigenvalue weighted by Gasteiger charge is 2.15. The summed E-state index contributed by atoms with van der Waals surface area (Å²) in [6.45, 7) is 5.82. The maximum Gasteiger partial charge on any atom is 0.171 e. The van der Waals surface area contributed by atoms with Crippen LogP contribution in [0.1, 0.15) is 36.2 Å². The molecule has 5 heteroatoms. The van der Waals surface area contributed by atoms with Crippen molar-refractivity contribution in [1.82, 2.24) is 10.2 Å². The summed E-state index contributed by atoms with van der Waals surface area (Å²) in [5.41, 5.74) is 3.67. The van der Waals surface area contributed by atoms with Gasteiger partial charge in [-0.05, 0) is 43.0 Å². The molecular weight excluding hydrogens is 267 g/mol. The van der Waals surface area contributed by atoms with E-state index in [1.165, 1.54) is 12.1 Å². The largest absolute Gasteiger partial charge is 0.337 e. The fourth-order valence-electron chi connectivity index (χ4n) is 2.24. The van der Waals surface area contributed by atoms with Crippen LogP contribution in [0.5, 0.6) is 0 Å². The lowest BCUT2D eigenvalue weighted by molar-refractivity contribution is 0.628. The minimum Gasteiger partial charge on any atom is -0.337 e. The first kappa shape index (κ1) is 14.9. The SMILES string of the molecule is CCc1nnc(Nc2cc(F)ccc2C)c(C#N)c1CC. The molecule has 1 heterocycles. The fraction of sp³-hybridized carbons (Fsp3) is 0.312. The van der Waals surface area contributed by atoms with E-state index >= 15 is 0 Å². The van der Waals surface area contributed by atoms with E-state index in [2.05, 4.69) is 21.6 Å². The topological polar surface area (TPSA) is 61.6 Å². The number of aromatic nitrogens is 2. The average molecular weight is 284 g/mol. The fourth-order valence-corrected chi connectivity index (χ4v) is 2.24. The van der Waals surface area contributed by atoms with Crippen molar-refractivity contribution in [3.8, 4) is 6.07 Å². The van der Waals surface area contributed by atoms with E-state index in [0.29, 0.717) is 23.5 Å². The van der Waals surface area contributed by atoms with Gasteiger partial charge >= 0.3 is 0 Å². The predicted molar refractivity (Wildman–Crippen MR) is 79.9 cm³/mol. The van der Waals surface area contributed by atoms with Gasteiger partial charge in [-0.25, -0.2) is 4.39 Å². The number of nitrogens with zero attached hydrogens (tertiary/aromatic N) is 3. The van der Waals surface area contributed by atoms with Gasteiger partial charge in [-0.15, -0.1) is 5.10 Å². The molecule has 0 aliphatic heterocycles. The molecule has 0 saturated carbocycles. The van der Waals surface area contributed by atoms with Crippen LogP contribution in [0.3, 0.4) is 0 Å². The van der Waals surface area contributed by atoms with Crippen molar-refractivity contribution in [1.29, 1.82) is 5.26 Å². The Kier molecular flexibility index (Phi) is 4.49. The third kappa shape index (κ3) is 3.00. The van der Waals surface area contributed by atoms with Gasteiger partial charge < -0.3 is 5.32 Å². The third-order valence-corrected chi connectivity index (χ3v) is 3.41. The smallest absolute Gasteiger partial charge is 0.171 e. The second-order valence-corrected chi connectivity index (χ2v) is 4.75. The Labute approximate surface area is 123 Å². The number of nitriles is 1. The van der Waals surface area contributed by atoms with Crippen LogP contribution in [0.4, 0.5) is 15.9 Å². The molecule has 1 aromatic heterocycles. The van der Waals surface area contributed by atoms with Gasteiger partial charge in [0.15, 0.2) is 5.82 Å². The van der Waals surface area contributed by atoms with Crippen molar-refractivity contribution >= 4 is 11.5 Å². The minimum absolute atomic E-state index is 0.338. The molecule has 0 fully saturated rings. The maximum absolute atomic E-state index is 13.4. The van der Waals surface area contributed by atoms with Gasteiger partial charge in [0.1, 0.15) is 17.4 Å². The number of aryl methyl sites for hydroxylation is 2. The molecule has 0 spiro atoms. The molecule has 4 nitrogen and oxygen atoms in total. The van der Waals surface area contributed by atoms with Crippen molar-refractivity contribution in [3.05, 3.63) is 46.4 Å². The lowest BCUT2D eigenvalue weighted by Crippen LogP contribution is -2.08. The van der Waals surface area contributed by atoms with E-state index in [9.17, 15) is 9.65 Å². The van der Waals surface area contributed by atoms with E-state index in [-0.39, 0.29) is 5.82 Å². The standard InChI is InChI=1S/C16H17FN4/c1-4-12-13(9-18)16(21-20-14(12)5-2)19-15-8-11(17)7-6-10(15)3/h6-8H,4-5H2,1-3H3,(H,19,21). The van der Waals surface area contributed by atoms with Gasteiger partial charge in [-0.1, -0.05) is 19.9 Å². The third-order valence-electron chi connectivity index (χ3n) is 3.41. The first-order valence-corrected chi connectivity index (χ1v) is 6.92. The number of anilines is 2. The zero-order valence-electron chi connectivity index (χ0n) is 12.4. The van der Waals surface area contributed by atoms with Gasteiger partial charge in [0.2, 0.25) is 0 Å². The highest BCUT2D eigenvalue weighted by Crippen LogP contribution is 2.25. The van der Waals surface area contributed by atoms with Crippen LogP contribution in [0.15, 0.2) is 18.2 Å². The lowest BCUT2D eigenvalue weighted by Gasteiger charge is -2.13. The van der Waals surface area contributed by atoms with Gasteiger partial charge in [-0.2, -0.15) is 10.4 Å². The van der Waals surface area contributed by atoms with Crippen LogP contribution in [-0.2, 0) is 12.8 Å². The molecule has 0 unspecified atom stereocenters. The Morgan fingerprint density at radius 1 is 1.24 bits per heavy atom. The van der Waals surface area contributed by atoms with Crippen molar-refractivity contribution in [2.75, 3.05) is 5.32 Å². The Morgan fingerprint density at radius 2 is 2.00 bits per heavy atom. The predicted octanol–water partition coefficient (Wildman–Crippen LogP) is 3.66. The number of rotatable bonds is 4. The summed E-state index contributed by atoms with van der Waals surface area (Å²) in [4.78, 5) is 0. The molecular formula is C16H17FN4. The van der Waals surface area contributed by atoms with Crippen molar-refractivity contribution in [2.45, 2.75) is 33.6 Å². The van der Waals surface area contributed by atoms with E-state index in [0.717, 1.165) is 23.2 Å². The Hall–Kier alpha value is -2.48. The lowest BCUT2D eigenvalue weighted by atomic mass is 10.0. The van der Waals surface area contributed by atoms with E-state index in [4.69, 9.17) is 0 Å². The van der Waals surface area contributed by atoms with Crippen LogP contribution in [0.2, 0.25) is 0 Å². The molecule has 1 aromatic carbocycles. The first-order chi connectivity index (χ1) is 10.1. The van der Waals surface area contributed by atoms with Crippen LogP contribution in [0, 0.1) is 24.1 Å². The summed E-state index contributed by atoms with van der Waals surface area (Å²) in [5.74, 6) is 0.0377. The Balaban J connectivity index is 2.50. The van der Waals surface area contributed by atoms with Crippen molar-refractivity contribution in [3.63, 3.8) is 0 Å². The number of hydrogen-bond donors (Lipinski definition) is 1. The van der Waals surface area contributed by atoms with Gasteiger partial charge in [0.05, 0.1) is 5.69 Å². The summed E-state index contributed by atoms with van der Waals surface area (Å²) in [5, 5.41) is 20.7. The Morgan fingerprint density at radius 3 is 2.62 bits per heavy atom. The molecule has 108 valence electrons. The maximum atomic E-state index is 13.4. The Bertz CT molecular complexity index is 704. The van der Waals surface area contributed by atoms with E-state index in [1.54, 1.807) is 6.07 Å². The van der Waals surface area contributed by atoms with Gasteiger partial charge in [-0.3, -0.25) is 0 Å². The first-order valence-electron chi connectivity index (χ1n) is 6.92. The molecule has 0 amide bonds. The molecule has 0 aliphatic carbocycles. The summed E-state index contributed by atoms with van der Waals surface area (Å²) >= 11 is 0. The molecule has 0 aliphatic rings. The monoisotopic (exact) mass is 284 g/mol. The second kappa shape index (κ2) is 6.31. The van der Waals surface area contributed by atoms with Crippen molar-refractivity contribution < 1.29 is 4.39 Å². The van der Waals surface area contributed by atoms with Crippen molar-refractivity contribution in [2.24, 2.45) is 0 Å². The van der Waals surface area contributed by atoms with Gasteiger partial charge in [0, 0.05) is 5.69 Å². The molecule has 0 saturated heterocycles. The van der Waals surface area contributed by atoms with Crippen LogP contribution in [0.25, 0.3) is 0 Å². The highest BCUT2D eigenvalue weighted by atomic mass is 19.1. The zero-order chi connectivity index (χ0) is 15.4.